The molecule has 1 aliphatic heterocycles. The normalized spacial score (nSPS) is 15.7. The molecule has 1 aromatic heterocycles. The van der Waals surface area contributed by atoms with Crippen LogP contribution in [0.1, 0.15) is 18.1 Å². The number of thiocarbonyl (C=S) groups is 1. The van der Waals surface area contributed by atoms with E-state index in [0.717, 1.165) is 32.0 Å². The van der Waals surface area contributed by atoms with Gasteiger partial charge in [0.25, 0.3) is 5.91 Å². The highest BCUT2D eigenvalue weighted by Gasteiger charge is 2.29. The third-order valence-electron chi connectivity index (χ3n) is 4.72. The van der Waals surface area contributed by atoms with Crippen LogP contribution in [0.4, 0.5) is 0 Å². The van der Waals surface area contributed by atoms with E-state index in [1.165, 1.54) is 5.56 Å². The summed E-state index contributed by atoms with van der Waals surface area (Å²) >= 11 is 12.3. The molecule has 4 rings (SSSR count). The Morgan fingerprint density at radius 1 is 1.11 bits per heavy atom. The van der Waals surface area contributed by atoms with Crippen LogP contribution >= 0.6 is 44.1 Å². The van der Waals surface area contributed by atoms with Crippen molar-refractivity contribution in [3.05, 3.63) is 74.4 Å². The topological polar surface area (TPSA) is 37.3 Å². The summed E-state index contributed by atoms with van der Waals surface area (Å²) in [4.78, 5) is 14.1. The van der Waals surface area contributed by atoms with Gasteiger partial charge in [0.2, 0.25) is 0 Å². The van der Waals surface area contributed by atoms with Gasteiger partial charge >= 0.3 is 0 Å². The van der Waals surface area contributed by atoms with Crippen molar-refractivity contribution in [2.75, 3.05) is 6.54 Å². The van der Waals surface area contributed by atoms with E-state index in [4.69, 9.17) is 12.2 Å². The Balaban J connectivity index is 1.78. The largest absolute Gasteiger partial charge is 0.342 e. The molecule has 1 aliphatic rings. The number of carbonyl (C=O) groups is 1. The summed E-state index contributed by atoms with van der Waals surface area (Å²) in [5.41, 5.74) is 3.80. The maximum atomic E-state index is 12.6. The van der Waals surface area contributed by atoms with E-state index < -0.39 is 0 Å². The average molecular weight is 519 g/mol. The van der Waals surface area contributed by atoms with Crippen molar-refractivity contribution < 1.29 is 4.79 Å². The van der Waals surface area contributed by atoms with Gasteiger partial charge in [0.15, 0.2) is 5.11 Å². The number of benzene rings is 2. The zero-order chi connectivity index (χ0) is 19.8. The van der Waals surface area contributed by atoms with E-state index >= 15 is 0 Å². The van der Waals surface area contributed by atoms with Crippen molar-refractivity contribution in [3.8, 4) is 0 Å². The van der Waals surface area contributed by atoms with Crippen molar-refractivity contribution in [2.24, 2.45) is 0 Å². The standard InChI is InChI=1S/C21H17Br2N3OS/c1-2-26-20(27)18(24-21(26)28)9-14-12-25(11-13-3-5-15(22)6-4-13)19-8-7-16(23)10-17(14)19/h3-10,12H,2,11H2,1H3,(H,24,28)/b18-9-. The van der Waals surface area contributed by atoms with E-state index in [0.29, 0.717) is 17.4 Å². The zero-order valence-electron chi connectivity index (χ0n) is 15.1. The third-order valence-corrected chi connectivity index (χ3v) is 6.06. The molecule has 0 atom stereocenters. The first-order chi connectivity index (χ1) is 13.5. The van der Waals surface area contributed by atoms with Crippen LogP contribution < -0.4 is 5.32 Å². The van der Waals surface area contributed by atoms with E-state index in [-0.39, 0.29) is 5.91 Å². The molecule has 7 heteroatoms. The summed E-state index contributed by atoms with van der Waals surface area (Å²) in [5.74, 6) is -0.0868. The summed E-state index contributed by atoms with van der Waals surface area (Å²) in [6.07, 6.45) is 3.97. The molecule has 28 heavy (non-hydrogen) atoms. The third kappa shape index (κ3) is 3.66. The van der Waals surface area contributed by atoms with Crippen LogP contribution in [-0.2, 0) is 11.3 Å². The summed E-state index contributed by atoms with van der Waals surface area (Å²) in [6, 6.07) is 14.5. The second-order valence-electron chi connectivity index (χ2n) is 6.54. The number of nitrogens with one attached hydrogen (secondary N) is 1. The second kappa shape index (κ2) is 7.81. The number of nitrogens with zero attached hydrogens (tertiary/aromatic N) is 2. The zero-order valence-corrected chi connectivity index (χ0v) is 19.1. The minimum Gasteiger partial charge on any atom is -0.342 e. The fourth-order valence-corrected chi connectivity index (χ4v) is 4.29. The Hall–Kier alpha value is -1.96. The van der Waals surface area contributed by atoms with Crippen LogP contribution in [0, 0.1) is 0 Å². The van der Waals surface area contributed by atoms with Crippen molar-refractivity contribution >= 4 is 72.1 Å². The van der Waals surface area contributed by atoms with Gasteiger partial charge in [-0.05, 0) is 61.1 Å². The first-order valence-electron chi connectivity index (χ1n) is 8.83. The maximum absolute atomic E-state index is 12.6. The first-order valence-corrected chi connectivity index (χ1v) is 10.8. The molecule has 2 heterocycles. The number of fused-ring (bicyclic) bond motifs is 1. The molecular formula is C21H17Br2N3OS. The van der Waals surface area contributed by atoms with Gasteiger partial charge < -0.3 is 9.88 Å². The Morgan fingerprint density at radius 2 is 1.82 bits per heavy atom. The Bertz CT molecular complexity index is 1120. The van der Waals surface area contributed by atoms with Gasteiger partial charge in [-0.1, -0.05) is 44.0 Å². The van der Waals surface area contributed by atoms with Gasteiger partial charge in [-0.25, -0.2) is 0 Å². The molecule has 142 valence electrons. The summed E-state index contributed by atoms with van der Waals surface area (Å²) < 4.78 is 4.26. The highest BCUT2D eigenvalue weighted by Crippen LogP contribution is 2.28. The molecule has 1 fully saturated rings. The van der Waals surface area contributed by atoms with Crippen molar-refractivity contribution in [1.29, 1.82) is 0 Å². The molecule has 1 saturated heterocycles. The SMILES string of the molecule is CCN1C(=O)/C(=C/c2cn(Cc3ccc(Br)cc3)c3ccc(Br)cc23)NC1=S. The minimum absolute atomic E-state index is 0.0868. The van der Waals surface area contributed by atoms with E-state index in [9.17, 15) is 4.79 Å². The number of aromatic nitrogens is 1. The minimum atomic E-state index is -0.0868. The number of halogens is 2. The Morgan fingerprint density at radius 3 is 2.50 bits per heavy atom. The van der Waals surface area contributed by atoms with Gasteiger partial charge in [0.05, 0.1) is 0 Å². The lowest BCUT2D eigenvalue weighted by molar-refractivity contribution is -0.122. The molecular weight excluding hydrogens is 502 g/mol. The molecule has 0 radical (unpaired) electrons. The summed E-state index contributed by atoms with van der Waals surface area (Å²) in [7, 11) is 0. The molecule has 0 saturated carbocycles. The number of amides is 1. The monoisotopic (exact) mass is 517 g/mol. The van der Waals surface area contributed by atoms with Crippen LogP contribution in [-0.4, -0.2) is 27.0 Å². The number of likely N-dealkylation sites (N-methyl/N-ethyl adjacent to an activating group) is 1. The molecule has 3 aromatic rings. The fourth-order valence-electron chi connectivity index (χ4n) is 3.34. The Labute approximate surface area is 185 Å². The highest BCUT2D eigenvalue weighted by atomic mass is 79.9. The second-order valence-corrected chi connectivity index (χ2v) is 8.76. The van der Waals surface area contributed by atoms with Crippen molar-refractivity contribution in [1.82, 2.24) is 14.8 Å². The summed E-state index contributed by atoms with van der Waals surface area (Å²) in [6.45, 7) is 3.21. The first kappa shape index (κ1) is 19.4. The molecule has 4 nitrogen and oxygen atoms in total. The lowest BCUT2D eigenvalue weighted by Crippen LogP contribution is -2.30. The fraction of sp³-hybridized carbons (Fsp3) is 0.143. The van der Waals surface area contributed by atoms with Crippen LogP contribution in [0.25, 0.3) is 17.0 Å². The van der Waals surface area contributed by atoms with E-state index in [2.05, 4.69) is 72.2 Å². The quantitative estimate of drug-likeness (QED) is 0.376. The predicted octanol–water partition coefficient (Wildman–Crippen LogP) is 5.29. The van der Waals surface area contributed by atoms with Crippen molar-refractivity contribution in [2.45, 2.75) is 13.5 Å². The highest BCUT2D eigenvalue weighted by molar-refractivity contribution is 9.10. The van der Waals surface area contributed by atoms with Crippen LogP contribution in [0.2, 0.25) is 0 Å². The van der Waals surface area contributed by atoms with Gasteiger partial charge in [-0.15, -0.1) is 0 Å². The maximum Gasteiger partial charge on any atom is 0.276 e. The molecule has 2 aromatic carbocycles. The smallest absolute Gasteiger partial charge is 0.276 e. The lowest BCUT2D eigenvalue weighted by Gasteiger charge is -2.08. The predicted molar refractivity (Wildman–Crippen MR) is 124 cm³/mol. The summed E-state index contributed by atoms with van der Waals surface area (Å²) in [5, 5.41) is 4.58. The molecule has 0 unspecified atom stereocenters. The van der Waals surface area contributed by atoms with Gasteiger partial charge in [0, 0.05) is 44.7 Å². The molecule has 0 aliphatic carbocycles. The van der Waals surface area contributed by atoms with Crippen molar-refractivity contribution in [3.63, 3.8) is 0 Å². The number of hydrogen-bond donors (Lipinski definition) is 1. The number of rotatable bonds is 4. The van der Waals surface area contributed by atoms with Crippen LogP contribution in [0.3, 0.4) is 0 Å². The lowest BCUT2D eigenvalue weighted by atomic mass is 10.1. The molecule has 0 spiro atoms. The van der Waals surface area contributed by atoms with Gasteiger partial charge in [0.1, 0.15) is 5.70 Å². The molecule has 0 bridgehead atoms. The molecule has 1 N–H and O–H groups in total. The molecule has 1 amide bonds. The van der Waals surface area contributed by atoms with Crippen LogP contribution in [0.15, 0.2) is 63.3 Å². The number of carbonyl (C=O) groups excluding carboxylic acids is 1. The van der Waals surface area contributed by atoms with E-state index in [1.54, 1.807) is 4.90 Å². The average Bonchev–Trinajstić information content (AvgIpc) is 3.13. The number of hydrogen-bond acceptors (Lipinski definition) is 2. The van der Waals surface area contributed by atoms with Gasteiger partial charge in [-0.3, -0.25) is 9.69 Å². The Kier molecular flexibility index (Phi) is 5.40. The van der Waals surface area contributed by atoms with Gasteiger partial charge in [-0.2, -0.15) is 0 Å². The van der Waals surface area contributed by atoms with E-state index in [1.807, 2.05) is 31.2 Å². The van der Waals surface area contributed by atoms with Crippen LogP contribution in [0.5, 0.6) is 0 Å².